The van der Waals surface area contributed by atoms with Crippen LogP contribution in [0, 0.1) is 0 Å². The lowest BCUT2D eigenvalue weighted by Gasteiger charge is -2.36. The lowest BCUT2D eigenvalue weighted by atomic mass is 9.94. The Labute approximate surface area is 114 Å². The molecule has 3 rings (SSSR count). The van der Waals surface area contributed by atoms with Gasteiger partial charge >= 0.3 is 0 Å². The molecule has 0 spiro atoms. The van der Waals surface area contributed by atoms with E-state index in [0.717, 1.165) is 44.2 Å². The zero-order valence-corrected chi connectivity index (χ0v) is 11.4. The lowest BCUT2D eigenvalue weighted by molar-refractivity contribution is 0.0239. The van der Waals surface area contributed by atoms with E-state index in [0.29, 0.717) is 0 Å². The Bertz CT molecular complexity index is 430. The minimum absolute atomic E-state index is 0.0958. The quantitative estimate of drug-likeness (QED) is 0.874. The van der Waals surface area contributed by atoms with Gasteiger partial charge in [0.15, 0.2) is 0 Å². The summed E-state index contributed by atoms with van der Waals surface area (Å²) in [6.45, 7) is 5.62. The molecule has 19 heavy (non-hydrogen) atoms. The normalized spacial score (nSPS) is 30.1. The monoisotopic (exact) mass is 262 g/mol. The highest BCUT2D eigenvalue weighted by Crippen LogP contribution is 2.28. The summed E-state index contributed by atoms with van der Waals surface area (Å²) in [6, 6.07) is 8.09. The van der Waals surface area contributed by atoms with Crippen LogP contribution in [0.15, 0.2) is 24.3 Å². The van der Waals surface area contributed by atoms with E-state index in [9.17, 15) is 0 Å². The highest BCUT2D eigenvalue weighted by molar-refractivity contribution is 5.57. The summed E-state index contributed by atoms with van der Waals surface area (Å²) in [6.07, 6.45) is 2.48. The van der Waals surface area contributed by atoms with Crippen molar-refractivity contribution in [2.24, 2.45) is 0 Å². The van der Waals surface area contributed by atoms with Gasteiger partial charge in [-0.1, -0.05) is 12.1 Å². The van der Waals surface area contributed by atoms with Gasteiger partial charge in [-0.25, -0.2) is 0 Å². The molecule has 0 saturated carbocycles. The van der Waals surface area contributed by atoms with E-state index in [4.69, 9.17) is 9.47 Å². The first kappa shape index (κ1) is 12.8. The van der Waals surface area contributed by atoms with Gasteiger partial charge in [0, 0.05) is 18.7 Å². The zero-order chi connectivity index (χ0) is 13.1. The van der Waals surface area contributed by atoms with Crippen LogP contribution in [0.3, 0.4) is 0 Å². The lowest BCUT2D eigenvalue weighted by Crippen LogP contribution is -2.53. The van der Waals surface area contributed by atoms with Gasteiger partial charge in [0.2, 0.25) is 0 Å². The first-order valence-corrected chi connectivity index (χ1v) is 7.08. The molecule has 2 N–H and O–H groups in total. The number of para-hydroxylation sites is 2. The Morgan fingerprint density at radius 3 is 3.16 bits per heavy atom. The van der Waals surface area contributed by atoms with Crippen molar-refractivity contribution in [3.8, 4) is 5.75 Å². The van der Waals surface area contributed by atoms with Crippen molar-refractivity contribution in [2.75, 3.05) is 31.6 Å². The van der Waals surface area contributed by atoms with Gasteiger partial charge in [0.1, 0.15) is 11.9 Å². The van der Waals surface area contributed by atoms with Gasteiger partial charge in [-0.15, -0.1) is 0 Å². The topological polar surface area (TPSA) is 42.5 Å². The fraction of sp³-hybridized carbons (Fsp3) is 0.600. The Morgan fingerprint density at radius 2 is 2.32 bits per heavy atom. The number of ether oxygens (including phenoxy) is 2. The van der Waals surface area contributed by atoms with Gasteiger partial charge in [-0.05, 0) is 31.9 Å². The zero-order valence-electron chi connectivity index (χ0n) is 11.4. The maximum atomic E-state index is 6.00. The standard InChI is InChI=1S/C15H22N2O2/c1-15(7-4-8-18-11-15)17-10-12-9-16-13-5-2-3-6-14(13)19-12/h2-3,5-6,12,16-17H,4,7-11H2,1H3. The number of nitrogens with one attached hydrogen (secondary N) is 2. The molecule has 0 bridgehead atoms. The number of anilines is 1. The molecule has 0 aromatic heterocycles. The summed E-state index contributed by atoms with van der Waals surface area (Å²) in [5.74, 6) is 0.950. The van der Waals surface area contributed by atoms with E-state index < -0.39 is 0 Å². The van der Waals surface area contributed by atoms with Gasteiger partial charge < -0.3 is 20.1 Å². The van der Waals surface area contributed by atoms with E-state index in [-0.39, 0.29) is 11.6 Å². The molecule has 4 heteroatoms. The molecule has 0 aliphatic carbocycles. The van der Waals surface area contributed by atoms with Crippen molar-refractivity contribution in [3.63, 3.8) is 0 Å². The predicted molar refractivity (Wildman–Crippen MR) is 75.8 cm³/mol. The summed E-state index contributed by atoms with van der Waals surface area (Å²) in [5.41, 5.74) is 1.18. The van der Waals surface area contributed by atoms with Gasteiger partial charge in [-0.2, -0.15) is 0 Å². The third-order valence-electron chi connectivity index (χ3n) is 3.90. The van der Waals surface area contributed by atoms with Gasteiger partial charge in [0.05, 0.1) is 18.8 Å². The maximum absolute atomic E-state index is 6.00. The summed E-state index contributed by atoms with van der Waals surface area (Å²) in [4.78, 5) is 0. The first-order valence-electron chi connectivity index (χ1n) is 7.08. The largest absolute Gasteiger partial charge is 0.485 e. The van der Waals surface area contributed by atoms with Crippen molar-refractivity contribution in [3.05, 3.63) is 24.3 Å². The molecule has 2 unspecified atom stereocenters. The van der Waals surface area contributed by atoms with Crippen molar-refractivity contribution in [2.45, 2.75) is 31.4 Å². The predicted octanol–water partition coefficient (Wildman–Crippen LogP) is 2.02. The van der Waals surface area contributed by atoms with Gasteiger partial charge in [-0.3, -0.25) is 0 Å². The van der Waals surface area contributed by atoms with E-state index in [1.54, 1.807) is 0 Å². The van der Waals surface area contributed by atoms with Crippen LogP contribution in [0.4, 0.5) is 5.69 Å². The fourth-order valence-electron chi connectivity index (χ4n) is 2.71. The molecule has 2 heterocycles. The Balaban J connectivity index is 1.54. The number of fused-ring (bicyclic) bond motifs is 1. The molecule has 4 nitrogen and oxygen atoms in total. The minimum atomic E-state index is 0.0958. The van der Waals surface area contributed by atoms with Crippen molar-refractivity contribution >= 4 is 5.69 Å². The molecule has 1 aromatic carbocycles. The highest BCUT2D eigenvalue weighted by atomic mass is 16.5. The number of hydrogen-bond acceptors (Lipinski definition) is 4. The van der Waals surface area contributed by atoms with E-state index in [1.165, 1.54) is 6.42 Å². The molecular formula is C15H22N2O2. The average molecular weight is 262 g/mol. The molecule has 1 aromatic rings. The van der Waals surface area contributed by atoms with Crippen LogP contribution in [0.5, 0.6) is 5.75 Å². The third-order valence-corrected chi connectivity index (χ3v) is 3.90. The Hall–Kier alpha value is -1.26. The van der Waals surface area contributed by atoms with Crippen molar-refractivity contribution in [1.82, 2.24) is 5.32 Å². The Morgan fingerprint density at radius 1 is 1.42 bits per heavy atom. The van der Waals surface area contributed by atoms with Crippen LogP contribution >= 0.6 is 0 Å². The van der Waals surface area contributed by atoms with Crippen LogP contribution in [0.1, 0.15) is 19.8 Å². The molecule has 2 aliphatic rings. The maximum Gasteiger partial charge on any atom is 0.142 e. The average Bonchev–Trinajstić information content (AvgIpc) is 2.46. The number of hydrogen-bond donors (Lipinski definition) is 2. The van der Waals surface area contributed by atoms with Crippen LogP contribution in [-0.4, -0.2) is 37.9 Å². The van der Waals surface area contributed by atoms with Crippen molar-refractivity contribution < 1.29 is 9.47 Å². The molecule has 104 valence electrons. The molecule has 1 saturated heterocycles. The van der Waals surface area contributed by atoms with E-state index >= 15 is 0 Å². The van der Waals surface area contributed by atoms with E-state index in [2.05, 4.69) is 23.6 Å². The van der Waals surface area contributed by atoms with Gasteiger partial charge in [0.25, 0.3) is 0 Å². The number of rotatable bonds is 3. The summed E-state index contributed by atoms with van der Waals surface area (Å²) < 4.78 is 11.6. The highest BCUT2D eigenvalue weighted by Gasteiger charge is 2.29. The minimum Gasteiger partial charge on any atom is -0.485 e. The first-order chi connectivity index (χ1) is 9.25. The summed E-state index contributed by atoms with van der Waals surface area (Å²) in [7, 11) is 0. The summed E-state index contributed by atoms with van der Waals surface area (Å²) in [5, 5.41) is 7.03. The third kappa shape index (κ3) is 3.01. The molecule has 2 atom stereocenters. The second-order valence-corrected chi connectivity index (χ2v) is 5.71. The van der Waals surface area contributed by atoms with Crippen LogP contribution < -0.4 is 15.4 Å². The molecule has 2 aliphatic heterocycles. The smallest absolute Gasteiger partial charge is 0.142 e. The second kappa shape index (κ2) is 5.39. The SMILES string of the molecule is CC1(NCC2CNc3ccccc3O2)CCCOC1. The molecular weight excluding hydrogens is 240 g/mol. The van der Waals surface area contributed by atoms with E-state index in [1.807, 2.05) is 18.2 Å². The number of benzene rings is 1. The van der Waals surface area contributed by atoms with Crippen molar-refractivity contribution in [1.29, 1.82) is 0 Å². The second-order valence-electron chi connectivity index (χ2n) is 5.71. The Kier molecular flexibility index (Phi) is 3.62. The van der Waals surface area contributed by atoms with Crippen LogP contribution in [0.25, 0.3) is 0 Å². The van der Waals surface area contributed by atoms with Crippen LogP contribution in [-0.2, 0) is 4.74 Å². The van der Waals surface area contributed by atoms with Crippen LogP contribution in [0.2, 0.25) is 0 Å². The summed E-state index contributed by atoms with van der Waals surface area (Å²) >= 11 is 0. The fourth-order valence-corrected chi connectivity index (χ4v) is 2.71. The molecule has 0 amide bonds. The molecule has 1 fully saturated rings. The molecule has 0 radical (unpaired) electrons.